The summed E-state index contributed by atoms with van der Waals surface area (Å²) in [5.41, 5.74) is 1.47. The van der Waals surface area contributed by atoms with Crippen LogP contribution in [0.5, 0.6) is 0 Å². The molecule has 0 spiro atoms. The molecule has 1 heterocycles. The molecular weight excluding hydrogens is 176 g/mol. The summed E-state index contributed by atoms with van der Waals surface area (Å²) in [5.74, 6) is 0. The van der Waals surface area contributed by atoms with Gasteiger partial charge in [0.15, 0.2) is 0 Å². The Morgan fingerprint density at radius 2 is 2.15 bits per heavy atom. The van der Waals surface area contributed by atoms with Crippen LogP contribution in [-0.4, -0.2) is 0 Å². The first-order valence-electron chi connectivity index (χ1n) is 4.81. The number of thioether (sulfide) groups is 1. The third kappa shape index (κ3) is 1.97. The highest BCUT2D eigenvalue weighted by Gasteiger charge is 2.17. The average Bonchev–Trinajstić information content (AvgIpc) is 2.67. The Balaban J connectivity index is 0.000000980. The molecule has 1 aliphatic heterocycles. The van der Waals surface area contributed by atoms with E-state index in [1.54, 1.807) is 4.91 Å². The average molecular weight is 192 g/mol. The highest BCUT2D eigenvalue weighted by Crippen LogP contribution is 2.44. The van der Waals surface area contributed by atoms with Crippen molar-refractivity contribution in [2.24, 2.45) is 0 Å². The second-order valence-electron chi connectivity index (χ2n) is 3.28. The van der Waals surface area contributed by atoms with Gasteiger partial charge in [0.2, 0.25) is 0 Å². The fraction of sp³-hybridized carbons (Fsp3) is 0.333. The van der Waals surface area contributed by atoms with E-state index < -0.39 is 0 Å². The lowest BCUT2D eigenvalue weighted by Crippen LogP contribution is -1.86. The normalized spacial score (nSPS) is 21.6. The van der Waals surface area contributed by atoms with Crippen molar-refractivity contribution in [2.45, 2.75) is 25.0 Å². The van der Waals surface area contributed by atoms with Gasteiger partial charge in [-0.2, -0.15) is 0 Å². The van der Waals surface area contributed by atoms with Gasteiger partial charge < -0.3 is 0 Å². The number of benzene rings is 1. The van der Waals surface area contributed by atoms with Gasteiger partial charge in [-0.1, -0.05) is 43.3 Å². The van der Waals surface area contributed by atoms with Gasteiger partial charge in [0, 0.05) is 6.68 Å². The Morgan fingerprint density at radius 3 is 2.77 bits per heavy atom. The minimum Gasteiger partial charge on any atom is -0.122 e. The maximum Gasteiger partial charge on any atom is 0.0376 e. The van der Waals surface area contributed by atoms with Gasteiger partial charge in [-0.05, 0) is 23.3 Å². The molecule has 0 N–H and O–H groups in total. The zero-order valence-electron chi connectivity index (χ0n) is 7.86. The lowest BCUT2D eigenvalue weighted by Gasteiger charge is -2.09. The van der Waals surface area contributed by atoms with Gasteiger partial charge in [0.25, 0.3) is 0 Å². The van der Waals surface area contributed by atoms with Crippen LogP contribution in [0.15, 0.2) is 41.3 Å². The Kier molecular flexibility index (Phi) is 2.74. The van der Waals surface area contributed by atoms with Crippen LogP contribution in [-0.2, 0) is 0 Å². The lowest BCUT2D eigenvalue weighted by atomic mass is 10.1. The van der Waals surface area contributed by atoms with E-state index in [1.165, 1.54) is 18.4 Å². The van der Waals surface area contributed by atoms with Gasteiger partial charge in [0.05, 0.1) is 0 Å². The summed E-state index contributed by atoms with van der Waals surface area (Å²) < 4.78 is 0. The van der Waals surface area contributed by atoms with Crippen LogP contribution in [0.25, 0.3) is 0 Å². The summed E-state index contributed by atoms with van der Waals surface area (Å²) in [7, 11) is 0. The van der Waals surface area contributed by atoms with Crippen molar-refractivity contribution in [3.05, 3.63) is 46.9 Å². The minimum absolute atomic E-state index is 0. The van der Waals surface area contributed by atoms with Crippen LogP contribution in [0.2, 0.25) is 0 Å². The van der Waals surface area contributed by atoms with E-state index in [0.29, 0.717) is 5.25 Å². The fourth-order valence-corrected chi connectivity index (χ4v) is 2.83. The number of allylic oxidation sites excluding steroid dienone is 2. The first-order valence-corrected chi connectivity index (χ1v) is 5.68. The predicted octanol–water partition coefficient (Wildman–Crippen LogP) is 4.40. The molecule has 1 aromatic rings. The van der Waals surface area contributed by atoms with Crippen LogP contribution in [0.4, 0.5) is 0 Å². The number of hydrogen-bond acceptors (Lipinski definition) is 1. The lowest BCUT2D eigenvalue weighted by molar-refractivity contribution is 0.988. The zero-order chi connectivity index (χ0) is 9.10. The van der Waals surface area contributed by atoms with Crippen LogP contribution < -0.4 is 0 Å². The van der Waals surface area contributed by atoms with Gasteiger partial charge in [-0.3, -0.25) is 0 Å². The highest BCUT2D eigenvalue weighted by molar-refractivity contribution is 8.03. The van der Waals surface area contributed by atoms with E-state index in [9.17, 15) is 0 Å². The zero-order valence-corrected chi connectivity index (χ0v) is 8.68. The third-order valence-corrected chi connectivity index (χ3v) is 3.88. The summed E-state index contributed by atoms with van der Waals surface area (Å²) in [6.45, 7) is 2.23. The fourth-order valence-electron chi connectivity index (χ4n) is 1.62. The van der Waals surface area contributed by atoms with Crippen LogP contribution in [0, 0.1) is 0 Å². The SMILES string of the molecule is CCC1=CCC(c2ccccc2)S1.[HH]. The summed E-state index contributed by atoms with van der Waals surface area (Å²) in [6, 6.07) is 10.8. The molecule has 0 aromatic heterocycles. The number of rotatable bonds is 2. The van der Waals surface area contributed by atoms with Crippen molar-refractivity contribution in [1.29, 1.82) is 0 Å². The molecule has 0 fully saturated rings. The van der Waals surface area contributed by atoms with Crippen molar-refractivity contribution >= 4 is 11.8 Å². The number of hydrogen-bond donors (Lipinski definition) is 0. The maximum absolute atomic E-state index is 2.38. The summed E-state index contributed by atoms with van der Waals surface area (Å²) in [4.78, 5) is 1.55. The molecule has 1 aromatic carbocycles. The minimum atomic E-state index is 0. The Hall–Kier alpha value is -0.690. The monoisotopic (exact) mass is 192 g/mol. The molecule has 0 aliphatic carbocycles. The molecule has 1 unspecified atom stereocenters. The molecule has 13 heavy (non-hydrogen) atoms. The van der Waals surface area contributed by atoms with E-state index in [2.05, 4.69) is 43.3 Å². The molecule has 0 nitrogen and oxygen atoms in total. The van der Waals surface area contributed by atoms with E-state index in [0.717, 1.165) is 0 Å². The van der Waals surface area contributed by atoms with Crippen molar-refractivity contribution in [3.63, 3.8) is 0 Å². The Labute approximate surface area is 85.5 Å². The molecule has 1 atom stereocenters. The van der Waals surface area contributed by atoms with Crippen LogP contribution in [0.3, 0.4) is 0 Å². The first kappa shape index (κ1) is 8.89. The van der Waals surface area contributed by atoms with Gasteiger partial charge in [-0.15, -0.1) is 11.8 Å². The molecule has 1 aliphatic rings. The molecule has 1 heteroatoms. The van der Waals surface area contributed by atoms with Gasteiger partial charge in [0.1, 0.15) is 0 Å². The van der Waals surface area contributed by atoms with Crippen molar-refractivity contribution < 1.29 is 1.43 Å². The highest BCUT2D eigenvalue weighted by atomic mass is 32.2. The van der Waals surface area contributed by atoms with Crippen LogP contribution in [0.1, 0.15) is 32.0 Å². The summed E-state index contributed by atoms with van der Waals surface area (Å²) in [6.07, 6.45) is 4.77. The van der Waals surface area contributed by atoms with E-state index in [4.69, 9.17) is 0 Å². The third-order valence-electron chi connectivity index (χ3n) is 2.37. The standard InChI is InChI=1S/C12H14S.H2/c1-2-11-8-9-12(13-11)10-6-4-3-5-7-10;/h3-8,12H,2,9H2,1H3;1H. The predicted molar refractivity (Wildman–Crippen MR) is 61.9 cm³/mol. The Bertz CT molecular complexity index is 305. The second-order valence-corrected chi connectivity index (χ2v) is 4.61. The topological polar surface area (TPSA) is 0 Å². The molecule has 0 bridgehead atoms. The molecule has 0 radical (unpaired) electrons. The molecule has 0 saturated heterocycles. The molecule has 0 amide bonds. The van der Waals surface area contributed by atoms with E-state index in [-0.39, 0.29) is 1.43 Å². The summed E-state index contributed by atoms with van der Waals surface area (Å²) in [5, 5.41) is 0.677. The van der Waals surface area contributed by atoms with E-state index in [1.807, 2.05) is 11.8 Å². The molecule has 70 valence electrons. The Morgan fingerprint density at radius 1 is 1.38 bits per heavy atom. The summed E-state index contributed by atoms with van der Waals surface area (Å²) >= 11 is 2.02. The van der Waals surface area contributed by atoms with Crippen molar-refractivity contribution in [1.82, 2.24) is 0 Å². The second kappa shape index (κ2) is 4.01. The van der Waals surface area contributed by atoms with Crippen LogP contribution >= 0.6 is 11.8 Å². The maximum atomic E-state index is 2.38. The first-order chi connectivity index (χ1) is 6.40. The molecule has 0 saturated carbocycles. The largest absolute Gasteiger partial charge is 0.122 e. The quantitative estimate of drug-likeness (QED) is 0.669. The molecule has 2 rings (SSSR count). The van der Waals surface area contributed by atoms with Crippen molar-refractivity contribution in [3.8, 4) is 0 Å². The molecular formula is C12H16S. The van der Waals surface area contributed by atoms with Gasteiger partial charge in [-0.25, -0.2) is 0 Å². The smallest absolute Gasteiger partial charge is 0.0376 e. The van der Waals surface area contributed by atoms with Crippen molar-refractivity contribution in [2.75, 3.05) is 0 Å². The van der Waals surface area contributed by atoms with Gasteiger partial charge >= 0.3 is 0 Å². The van der Waals surface area contributed by atoms with E-state index >= 15 is 0 Å².